The molecule has 5 atom stereocenters. The number of phenolic OH excluding ortho intramolecular Hbond substituents is 1. The summed E-state index contributed by atoms with van der Waals surface area (Å²) in [5, 5.41) is 33.9. The first-order valence-corrected chi connectivity index (χ1v) is 20.7. The topological polar surface area (TPSA) is 261 Å². The van der Waals surface area contributed by atoms with Crippen molar-refractivity contribution in [1.82, 2.24) is 37.0 Å². The summed E-state index contributed by atoms with van der Waals surface area (Å²) in [6.45, 7) is 0.683. The third kappa shape index (κ3) is 14.6. The molecule has 10 N–H and O–H groups in total. The smallest absolute Gasteiger partial charge is 0.334 e. The van der Waals surface area contributed by atoms with Crippen LogP contribution in [0.2, 0.25) is 5.02 Å². The Morgan fingerprint density at radius 3 is 2.05 bits per heavy atom. The van der Waals surface area contributed by atoms with Gasteiger partial charge in [-0.2, -0.15) is 0 Å². The molecule has 0 saturated heterocycles. The minimum atomic E-state index is -1.61. The lowest BCUT2D eigenvalue weighted by molar-refractivity contribution is -0.143. The summed E-state index contributed by atoms with van der Waals surface area (Å²) in [6.07, 6.45) is 1.92. The van der Waals surface area contributed by atoms with Gasteiger partial charge in [0.25, 0.3) is 0 Å². The predicted molar refractivity (Wildman–Crippen MR) is 230 cm³/mol. The summed E-state index contributed by atoms with van der Waals surface area (Å²) >= 11 is 7.49. The molecule has 0 aliphatic rings. The fourth-order valence-corrected chi connectivity index (χ4v) is 7.48. The Balaban J connectivity index is 1.62. The number of hydrazine groups is 1. The highest BCUT2D eigenvalue weighted by atomic mass is 35.5. The number of hydrogen-bond donors (Lipinski definition) is 9. The summed E-state index contributed by atoms with van der Waals surface area (Å²) in [7, 11) is 1.32. The second-order valence-electron chi connectivity index (χ2n) is 14.3. The van der Waals surface area contributed by atoms with Crippen LogP contribution >= 0.6 is 22.9 Å². The van der Waals surface area contributed by atoms with E-state index >= 15 is 0 Å². The Labute approximate surface area is 361 Å². The fourth-order valence-electron chi connectivity index (χ4n) is 6.38. The number of aldehydes is 1. The van der Waals surface area contributed by atoms with Gasteiger partial charge in [-0.25, -0.2) is 10.2 Å². The molecule has 1 aromatic heterocycles. The number of likely N-dealkylation sites (N-methyl/N-ethyl adjacent to an activating group) is 1. The standard InChI is InChI=1S/C42H51ClN8O9S/c1-25(54)49-50-42(60)48-33(19-26-10-14-29(43)15-11-26)38(56)46-34(21-28-24-61-37-9-4-3-8-32(28)37)39(57)47-35(23-53)41(59)51(2)36(20-27-12-16-31(55)17-13-27)40(58)45-30(22-52)7-5-6-18-44/h3-4,8-17,22,24,30,33-36,53,55H,5-7,18-21,23,44H2,1-2H3,(H,45,58)(H,46,56)(H,47,57)(H,49,54)(H2,48,50,60)/t30-,33+,34+,35+,36+/m1/s1. The number of aliphatic hydroxyl groups excluding tert-OH is 1. The molecule has 3 aromatic carbocycles. The van der Waals surface area contributed by atoms with E-state index in [9.17, 15) is 43.8 Å². The molecule has 0 aliphatic heterocycles. The van der Waals surface area contributed by atoms with Crippen LogP contribution in [0.4, 0.5) is 4.79 Å². The Bertz CT molecular complexity index is 2140. The molecule has 17 nitrogen and oxygen atoms in total. The van der Waals surface area contributed by atoms with E-state index in [1.54, 1.807) is 36.4 Å². The highest BCUT2D eigenvalue weighted by Gasteiger charge is 2.35. The third-order valence-corrected chi connectivity index (χ3v) is 11.0. The Morgan fingerprint density at radius 2 is 1.41 bits per heavy atom. The first-order chi connectivity index (χ1) is 29.2. The van der Waals surface area contributed by atoms with E-state index in [2.05, 4.69) is 32.1 Å². The van der Waals surface area contributed by atoms with Gasteiger partial charge < -0.3 is 46.9 Å². The third-order valence-electron chi connectivity index (χ3n) is 9.69. The quantitative estimate of drug-likeness (QED) is 0.0332. The number of carbonyl (C=O) groups excluding carboxylic acids is 7. The van der Waals surface area contributed by atoms with Crippen molar-refractivity contribution in [3.63, 3.8) is 0 Å². The maximum Gasteiger partial charge on any atom is 0.334 e. The number of hydrogen-bond acceptors (Lipinski definition) is 11. The van der Waals surface area contributed by atoms with E-state index in [-0.39, 0.29) is 25.0 Å². The first kappa shape index (κ1) is 47.6. The van der Waals surface area contributed by atoms with E-state index in [4.69, 9.17) is 17.3 Å². The number of phenols is 1. The van der Waals surface area contributed by atoms with Gasteiger partial charge in [0.2, 0.25) is 29.5 Å². The predicted octanol–water partition coefficient (Wildman–Crippen LogP) is 1.61. The van der Waals surface area contributed by atoms with Gasteiger partial charge in [0.15, 0.2) is 0 Å². The number of amides is 7. The van der Waals surface area contributed by atoms with Gasteiger partial charge in [-0.1, -0.05) is 54.1 Å². The van der Waals surface area contributed by atoms with Crippen molar-refractivity contribution in [2.45, 2.75) is 75.7 Å². The maximum atomic E-state index is 14.3. The van der Waals surface area contributed by atoms with Gasteiger partial charge >= 0.3 is 6.03 Å². The van der Waals surface area contributed by atoms with Crippen LogP contribution in [0.3, 0.4) is 0 Å². The number of unbranched alkanes of at least 4 members (excludes halogenated alkanes) is 1. The number of aromatic hydroxyl groups is 1. The van der Waals surface area contributed by atoms with Crippen LogP contribution in [-0.2, 0) is 48.0 Å². The van der Waals surface area contributed by atoms with E-state index in [0.717, 1.165) is 15.0 Å². The molecule has 4 aromatic rings. The van der Waals surface area contributed by atoms with Crippen molar-refractivity contribution < 1.29 is 43.8 Å². The number of benzene rings is 3. The van der Waals surface area contributed by atoms with E-state index in [1.165, 1.54) is 37.4 Å². The molecule has 0 unspecified atom stereocenters. The molecule has 0 fully saturated rings. The maximum absolute atomic E-state index is 14.3. The normalized spacial score (nSPS) is 13.4. The van der Waals surface area contributed by atoms with Crippen LogP contribution in [-0.4, -0.2) is 107 Å². The second kappa shape index (κ2) is 23.6. The summed E-state index contributed by atoms with van der Waals surface area (Å²) in [4.78, 5) is 93.5. The molecule has 0 bridgehead atoms. The van der Waals surface area contributed by atoms with Gasteiger partial charge in [-0.05, 0) is 83.6 Å². The van der Waals surface area contributed by atoms with Crippen molar-refractivity contribution >= 4 is 74.9 Å². The molecule has 19 heteroatoms. The molecule has 0 radical (unpaired) electrons. The van der Waals surface area contributed by atoms with Crippen LogP contribution in [0.15, 0.2) is 78.2 Å². The van der Waals surface area contributed by atoms with Crippen molar-refractivity contribution in [3.05, 3.63) is 99.9 Å². The number of aliphatic hydroxyl groups is 1. The van der Waals surface area contributed by atoms with Gasteiger partial charge in [0.1, 0.15) is 36.2 Å². The van der Waals surface area contributed by atoms with Crippen molar-refractivity contribution in [1.29, 1.82) is 0 Å². The first-order valence-electron chi connectivity index (χ1n) is 19.5. The van der Waals surface area contributed by atoms with Crippen molar-refractivity contribution in [2.75, 3.05) is 20.2 Å². The molecule has 0 spiro atoms. The van der Waals surface area contributed by atoms with Gasteiger partial charge in [-0.3, -0.25) is 29.4 Å². The zero-order chi connectivity index (χ0) is 44.5. The Morgan fingerprint density at radius 1 is 0.787 bits per heavy atom. The van der Waals surface area contributed by atoms with Gasteiger partial charge in [0, 0.05) is 43.0 Å². The lowest BCUT2D eigenvalue weighted by Crippen LogP contribution is -2.61. The van der Waals surface area contributed by atoms with Gasteiger partial charge in [0.05, 0.1) is 12.6 Å². The average molecular weight is 879 g/mol. The van der Waals surface area contributed by atoms with Gasteiger partial charge in [-0.15, -0.1) is 11.3 Å². The minimum absolute atomic E-state index is 0.0180. The van der Waals surface area contributed by atoms with E-state index in [0.29, 0.717) is 53.8 Å². The van der Waals surface area contributed by atoms with Crippen molar-refractivity contribution in [3.8, 4) is 5.75 Å². The largest absolute Gasteiger partial charge is 0.508 e. The SMILES string of the molecule is CC(=O)NNC(=O)N[C@@H](Cc1ccc(Cl)cc1)C(=O)N[C@@H](Cc1csc2ccccc12)C(=O)N[C@@H](CO)C(=O)N(C)[C@@H](Cc1ccc(O)cc1)C(=O)N[C@@H](C=O)CCCCN. The summed E-state index contributed by atoms with van der Waals surface area (Å²) < 4.78 is 0.916. The summed E-state index contributed by atoms with van der Waals surface area (Å²) in [6, 6.07) is 12.6. The summed E-state index contributed by atoms with van der Waals surface area (Å²) in [5.41, 5.74) is 11.7. The fraction of sp³-hybridized carbons (Fsp3) is 0.357. The number of fused-ring (bicyclic) bond motifs is 1. The number of urea groups is 1. The number of nitrogens with one attached hydrogen (secondary N) is 6. The zero-order valence-corrected chi connectivity index (χ0v) is 35.3. The van der Waals surface area contributed by atoms with Crippen LogP contribution in [0, 0.1) is 0 Å². The lowest BCUT2D eigenvalue weighted by atomic mass is 10.0. The molecule has 0 aliphatic carbocycles. The van der Waals surface area contributed by atoms with E-state index in [1.807, 2.05) is 29.6 Å². The number of nitrogens with zero attached hydrogens (tertiary/aromatic N) is 1. The number of rotatable bonds is 21. The average Bonchev–Trinajstić information content (AvgIpc) is 3.66. The molecule has 7 amide bonds. The molecule has 4 rings (SSSR count). The molecular formula is C42H51ClN8O9S. The molecule has 0 saturated carbocycles. The monoisotopic (exact) mass is 878 g/mol. The molecule has 61 heavy (non-hydrogen) atoms. The minimum Gasteiger partial charge on any atom is -0.508 e. The Hall–Kier alpha value is -6.08. The van der Waals surface area contributed by atoms with Crippen LogP contribution in [0.5, 0.6) is 5.75 Å². The number of carbonyl (C=O) groups is 7. The summed E-state index contributed by atoms with van der Waals surface area (Å²) in [5.74, 6) is -3.77. The van der Waals surface area contributed by atoms with Crippen LogP contribution < -0.4 is 37.9 Å². The Kier molecular flexibility index (Phi) is 18.4. The molecule has 326 valence electrons. The molecular weight excluding hydrogens is 828 g/mol. The number of thiophene rings is 1. The highest BCUT2D eigenvalue weighted by Crippen LogP contribution is 2.27. The second-order valence-corrected chi connectivity index (χ2v) is 15.6. The van der Waals surface area contributed by atoms with Crippen LogP contribution in [0.25, 0.3) is 10.1 Å². The van der Waals surface area contributed by atoms with Crippen molar-refractivity contribution in [2.24, 2.45) is 5.73 Å². The number of nitrogens with two attached hydrogens (primary N) is 1. The molecule has 1 heterocycles. The zero-order valence-electron chi connectivity index (χ0n) is 33.7. The number of halogens is 1. The highest BCUT2D eigenvalue weighted by molar-refractivity contribution is 7.17. The lowest BCUT2D eigenvalue weighted by Gasteiger charge is -2.32. The van der Waals surface area contributed by atoms with Crippen LogP contribution in [0.1, 0.15) is 42.9 Å². The van der Waals surface area contributed by atoms with E-state index < -0.39 is 72.4 Å².